The summed E-state index contributed by atoms with van der Waals surface area (Å²) in [5.41, 5.74) is 0. The molecule has 0 saturated carbocycles. The molecule has 0 bridgehead atoms. The zero-order chi connectivity index (χ0) is 29.6. The van der Waals surface area contributed by atoms with Crippen molar-refractivity contribution in [1.82, 2.24) is 10.2 Å². The summed E-state index contributed by atoms with van der Waals surface area (Å²) in [7, 11) is 4.60. The third-order valence-corrected chi connectivity index (χ3v) is 8.34. The first-order valence-corrected chi connectivity index (χ1v) is 17.0. The molecule has 2 atom stereocenters. The van der Waals surface area contributed by atoms with Gasteiger partial charge < -0.3 is 28.5 Å². The summed E-state index contributed by atoms with van der Waals surface area (Å²) in [5, 5.41) is 2.42. The fourth-order valence-electron chi connectivity index (χ4n) is 4.28. The largest absolute Gasteiger partial charge is 0.778 e. The van der Waals surface area contributed by atoms with Gasteiger partial charge in [-0.1, -0.05) is 90.4 Å². The normalized spacial score (nSPS) is 14.1. The van der Waals surface area contributed by atoms with E-state index in [1.54, 1.807) is 0 Å². The first-order chi connectivity index (χ1) is 18.4. The Balaban J connectivity index is 4.24. The SMILES string of the molecule is CCCCCCCCCCCCCCCCOC[C@@H](CCP(=O)([O-])OCC[N+](C)(C)C)C(=O)N(C)C(=O)NC. The van der Waals surface area contributed by atoms with Crippen LogP contribution < -0.4 is 10.2 Å². The molecule has 0 aliphatic rings. The molecule has 0 heterocycles. The third-order valence-electron chi connectivity index (χ3n) is 6.96. The van der Waals surface area contributed by atoms with Crippen molar-refractivity contribution in [1.29, 1.82) is 0 Å². The molecule has 0 radical (unpaired) electrons. The van der Waals surface area contributed by atoms with Gasteiger partial charge in [-0.2, -0.15) is 0 Å². The fraction of sp³-hybridized carbons (Fsp3) is 0.931. The van der Waals surface area contributed by atoms with E-state index in [2.05, 4.69) is 12.2 Å². The van der Waals surface area contributed by atoms with Crippen LogP contribution in [0.4, 0.5) is 4.79 Å². The van der Waals surface area contributed by atoms with Crippen molar-refractivity contribution in [3.8, 4) is 0 Å². The van der Waals surface area contributed by atoms with Crippen molar-refractivity contribution in [3.05, 3.63) is 0 Å². The Hall–Kier alpha value is -0.990. The van der Waals surface area contributed by atoms with Crippen LogP contribution in [0.15, 0.2) is 0 Å². The van der Waals surface area contributed by atoms with Gasteiger partial charge in [0.15, 0.2) is 0 Å². The topological polar surface area (TPSA) is 108 Å². The van der Waals surface area contributed by atoms with Gasteiger partial charge in [0, 0.05) is 26.9 Å². The van der Waals surface area contributed by atoms with Crippen LogP contribution in [0.1, 0.15) is 103 Å². The summed E-state index contributed by atoms with van der Waals surface area (Å²) in [6, 6.07) is -0.540. The van der Waals surface area contributed by atoms with E-state index in [0.29, 0.717) is 17.6 Å². The predicted octanol–water partition coefficient (Wildman–Crippen LogP) is 5.56. The quantitative estimate of drug-likeness (QED) is 0.0864. The van der Waals surface area contributed by atoms with Crippen LogP contribution in [0.3, 0.4) is 0 Å². The number of urea groups is 1. The molecular weight excluding hydrogens is 517 g/mol. The average molecular weight is 578 g/mol. The van der Waals surface area contributed by atoms with E-state index in [-0.39, 0.29) is 25.8 Å². The highest BCUT2D eigenvalue weighted by Gasteiger charge is 2.27. The molecule has 1 N–H and O–H groups in total. The minimum absolute atomic E-state index is 0.0457. The number of hydrogen-bond acceptors (Lipinski definition) is 6. The van der Waals surface area contributed by atoms with Crippen LogP contribution in [-0.2, 0) is 18.6 Å². The van der Waals surface area contributed by atoms with Gasteiger partial charge in [-0.05, 0) is 12.8 Å². The Bertz CT molecular complexity index is 686. The molecule has 0 aromatic carbocycles. The number of imide groups is 1. The summed E-state index contributed by atoms with van der Waals surface area (Å²) >= 11 is 0. The molecule has 0 aliphatic heterocycles. The minimum Gasteiger partial charge on any atom is -0.778 e. The van der Waals surface area contributed by atoms with Crippen LogP contribution in [0.25, 0.3) is 0 Å². The van der Waals surface area contributed by atoms with Crippen molar-refractivity contribution in [2.24, 2.45) is 5.92 Å². The molecule has 0 rings (SSSR count). The first-order valence-electron chi connectivity index (χ1n) is 15.3. The highest BCUT2D eigenvalue weighted by Crippen LogP contribution is 2.38. The summed E-state index contributed by atoms with van der Waals surface area (Å²) in [5.74, 6) is -1.19. The maximum absolute atomic E-state index is 12.8. The summed E-state index contributed by atoms with van der Waals surface area (Å²) < 4.78 is 23.9. The zero-order valence-electron chi connectivity index (χ0n) is 26.0. The second kappa shape index (κ2) is 22.7. The van der Waals surface area contributed by atoms with E-state index in [4.69, 9.17) is 9.26 Å². The fourth-order valence-corrected chi connectivity index (χ4v) is 5.39. The Morgan fingerprint density at radius 3 is 1.82 bits per heavy atom. The van der Waals surface area contributed by atoms with Crippen molar-refractivity contribution in [3.63, 3.8) is 0 Å². The number of carbonyl (C=O) groups is 2. The number of amides is 3. The average Bonchev–Trinajstić information content (AvgIpc) is 2.87. The van der Waals surface area contributed by atoms with E-state index in [0.717, 1.165) is 17.7 Å². The van der Waals surface area contributed by atoms with E-state index in [1.807, 2.05) is 21.1 Å². The number of nitrogens with one attached hydrogen (secondary N) is 1. The molecule has 0 spiro atoms. The predicted molar refractivity (Wildman–Crippen MR) is 158 cm³/mol. The molecule has 232 valence electrons. The standard InChI is InChI=1S/C29H60N3O6P/c1-7-8-9-10-11-12-13-14-15-16-17-18-19-20-23-37-26-27(28(33)31(3)29(34)30-2)21-25-39(35,36)38-24-22-32(4,5)6/h27H,7-26H2,1-6H3,(H-,30,34,35,36)/t27-/m1/s1. The molecule has 0 aromatic rings. The van der Waals surface area contributed by atoms with Crippen molar-refractivity contribution in [2.45, 2.75) is 103 Å². The van der Waals surface area contributed by atoms with Crippen LogP contribution in [0, 0.1) is 5.92 Å². The van der Waals surface area contributed by atoms with E-state index >= 15 is 0 Å². The lowest BCUT2D eigenvalue weighted by atomic mass is 10.0. The summed E-state index contributed by atoms with van der Waals surface area (Å²) in [4.78, 5) is 38.1. The number of carbonyl (C=O) groups excluding carboxylic acids is 2. The number of ether oxygens (including phenoxy) is 1. The Labute approximate surface area is 239 Å². The number of hydrogen-bond donors (Lipinski definition) is 1. The van der Waals surface area contributed by atoms with E-state index in [1.165, 1.54) is 91.1 Å². The van der Waals surface area contributed by atoms with Crippen LogP contribution in [-0.4, -0.2) is 89.1 Å². The lowest BCUT2D eigenvalue weighted by Gasteiger charge is -2.29. The molecule has 0 fully saturated rings. The van der Waals surface area contributed by atoms with E-state index in [9.17, 15) is 19.0 Å². The smallest absolute Gasteiger partial charge is 0.323 e. The van der Waals surface area contributed by atoms with Gasteiger partial charge in [0.1, 0.15) is 20.7 Å². The minimum atomic E-state index is -4.10. The van der Waals surface area contributed by atoms with Gasteiger partial charge in [0.2, 0.25) is 5.91 Å². The summed E-state index contributed by atoms with van der Waals surface area (Å²) in [6.45, 7) is 3.50. The maximum Gasteiger partial charge on any atom is 0.323 e. The van der Waals surface area contributed by atoms with Gasteiger partial charge in [0.25, 0.3) is 0 Å². The number of quaternary nitrogens is 1. The molecule has 0 saturated heterocycles. The number of unbranched alkanes of at least 4 members (excludes halogenated alkanes) is 13. The second-order valence-electron chi connectivity index (χ2n) is 11.8. The van der Waals surface area contributed by atoms with Gasteiger partial charge in [-0.15, -0.1) is 0 Å². The molecule has 0 aliphatic carbocycles. The summed E-state index contributed by atoms with van der Waals surface area (Å²) in [6.07, 6.45) is 17.7. The van der Waals surface area contributed by atoms with Crippen molar-refractivity contribution < 1.29 is 32.8 Å². The lowest BCUT2D eigenvalue weighted by Crippen LogP contribution is -2.44. The third kappa shape index (κ3) is 22.4. The van der Waals surface area contributed by atoms with Gasteiger partial charge in [0.05, 0.1) is 33.7 Å². The van der Waals surface area contributed by atoms with Crippen molar-refractivity contribution in [2.75, 3.05) is 67.8 Å². The number of nitrogens with zero attached hydrogens (tertiary/aromatic N) is 2. The highest BCUT2D eigenvalue weighted by atomic mass is 31.2. The van der Waals surface area contributed by atoms with Crippen LogP contribution in [0.2, 0.25) is 0 Å². The first kappa shape index (κ1) is 38.0. The van der Waals surface area contributed by atoms with Gasteiger partial charge >= 0.3 is 6.03 Å². The molecule has 10 heteroatoms. The highest BCUT2D eigenvalue weighted by molar-refractivity contribution is 7.51. The zero-order valence-corrected chi connectivity index (χ0v) is 26.9. The number of rotatable bonds is 25. The lowest BCUT2D eigenvalue weighted by molar-refractivity contribution is -0.870. The molecule has 1 unspecified atom stereocenters. The monoisotopic (exact) mass is 577 g/mol. The van der Waals surface area contributed by atoms with Gasteiger partial charge in [-0.25, -0.2) is 4.79 Å². The Morgan fingerprint density at radius 2 is 1.36 bits per heavy atom. The van der Waals surface area contributed by atoms with E-state index < -0.39 is 25.5 Å². The van der Waals surface area contributed by atoms with Crippen LogP contribution >= 0.6 is 7.60 Å². The van der Waals surface area contributed by atoms with Crippen LogP contribution in [0.5, 0.6) is 0 Å². The molecule has 9 nitrogen and oxygen atoms in total. The second-order valence-corrected chi connectivity index (χ2v) is 13.7. The molecule has 3 amide bonds. The number of likely N-dealkylation sites (N-methyl/N-ethyl adjacent to an activating group) is 1. The van der Waals surface area contributed by atoms with Gasteiger partial charge in [-0.3, -0.25) is 9.69 Å². The molecule has 39 heavy (non-hydrogen) atoms. The maximum atomic E-state index is 12.8. The Kier molecular flexibility index (Phi) is 22.1. The Morgan fingerprint density at radius 1 is 0.872 bits per heavy atom. The molecule has 0 aromatic heterocycles. The van der Waals surface area contributed by atoms with Crippen molar-refractivity contribution >= 4 is 19.5 Å². The molecular formula is C29H60N3O6P.